The summed E-state index contributed by atoms with van der Waals surface area (Å²) in [5.74, 6) is -1.64. The van der Waals surface area contributed by atoms with Crippen LogP contribution in [0.15, 0.2) is 0 Å². The first-order chi connectivity index (χ1) is 11.8. The lowest BCUT2D eigenvalue weighted by molar-refractivity contribution is -0.326. The van der Waals surface area contributed by atoms with Crippen molar-refractivity contribution >= 4 is 11.9 Å². The maximum atomic E-state index is 12.4. The lowest BCUT2D eigenvalue weighted by atomic mass is 9.45. The van der Waals surface area contributed by atoms with Crippen LogP contribution in [0.1, 0.15) is 66.2 Å². The Labute approximate surface area is 153 Å². The van der Waals surface area contributed by atoms with Crippen LogP contribution in [-0.2, 0) is 19.1 Å². The van der Waals surface area contributed by atoms with Gasteiger partial charge in [0.2, 0.25) is 0 Å². The zero-order chi connectivity index (χ0) is 19.6. The highest BCUT2D eigenvalue weighted by atomic mass is 16.6. The van der Waals surface area contributed by atoms with Crippen molar-refractivity contribution in [3.63, 3.8) is 0 Å². The first-order valence-electron chi connectivity index (χ1n) is 9.33. The van der Waals surface area contributed by atoms with E-state index in [1.165, 1.54) is 0 Å². The maximum absolute atomic E-state index is 12.4. The molecule has 3 unspecified atom stereocenters. The third-order valence-electron chi connectivity index (χ3n) is 6.85. The van der Waals surface area contributed by atoms with Gasteiger partial charge < -0.3 is 24.8 Å². The fraction of sp³-hybridized carbons (Fsp3) is 0.895. The Morgan fingerprint density at radius 1 is 1.04 bits per heavy atom. The fourth-order valence-corrected chi connectivity index (χ4v) is 5.35. The molecule has 0 amide bonds. The summed E-state index contributed by atoms with van der Waals surface area (Å²) >= 11 is 0. The van der Waals surface area contributed by atoms with Gasteiger partial charge >= 0.3 is 11.9 Å². The Kier molecular flexibility index (Phi) is 4.26. The number of ether oxygens (including phenoxy) is 2. The Morgan fingerprint density at radius 3 is 2.08 bits per heavy atom. The van der Waals surface area contributed by atoms with Crippen LogP contribution in [0, 0.1) is 11.3 Å². The molecule has 4 bridgehead atoms. The predicted octanol–water partition coefficient (Wildman–Crippen LogP) is 1.07. The molecule has 4 rings (SSSR count). The van der Waals surface area contributed by atoms with Crippen LogP contribution in [0.5, 0.6) is 0 Å². The molecule has 0 aromatic carbocycles. The molecule has 4 fully saturated rings. The van der Waals surface area contributed by atoms with Crippen LogP contribution < -0.4 is 0 Å². The number of aliphatic hydroxyl groups is 3. The minimum absolute atomic E-state index is 0.169. The average molecular weight is 370 g/mol. The van der Waals surface area contributed by atoms with E-state index in [1.54, 1.807) is 20.8 Å². The van der Waals surface area contributed by atoms with E-state index in [0.717, 1.165) is 0 Å². The molecular weight excluding hydrogens is 340 g/mol. The normalized spacial score (nSPS) is 44.0. The average Bonchev–Trinajstić information content (AvgIpc) is 2.47. The van der Waals surface area contributed by atoms with Gasteiger partial charge in [-0.1, -0.05) is 13.8 Å². The summed E-state index contributed by atoms with van der Waals surface area (Å²) in [5.41, 5.74) is -5.63. The van der Waals surface area contributed by atoms with Crippen LogP contribution in [0.4, 0.5) is 0 Å². The molecule has 3 atom stereocenters. The molecule has 148 valence electrons. The van der Waals surface area contributed by atoms with Crippen LogP contribution in [0.25, 0.3) is 0 Å². The molecule has 0 aromatic rings. The van der Waals surface area contributed by atoms with E-state index in [0.29, 0.717) is 6.42 Å². The highest BCUT2D eigenvalue weighted by Crippen LogP contribution is 2.64. The third-order valence-corrected chi connectivity index (χ3v) is 6.85. The Morgan fingerprint density at radius 2 is 1.58 bits per heavy atom. The van der Waals surface area contributed by atoms with Gasteiger partial charge in [-0.15, -0.1) is 0 Å². The number of hydrogen-bond acceptors (Lipinski definition) is 7. The van der Waals surface area contributed by atoms with E-state index in [-0.39, 0.29) is 32.1 Å². The number of hydrogen-bond donors (Lipinski definition) is 3. The molecule has 0 saturated heterocycles. The second-order valence-corrected chi connectivity index (χ2v) is 9.51. The van der Waals surface area contributed by atoms with E-state index in [1.807, 2.05) is 6.92 Å². The molecule has 4 aliphatic rings. The standard InChI is InChI=1S/C19H30O7/c1-5-15(3,4)14(21)25-6-13(20)26-19-10-16(22)7-17(23,11-19)9-18(24,8-16)12(19)2/h12,22-24H,5-11H2,1-4H3. The van der Waals surface area contributed by atoms with Gasteiger partial charge in [0.15, 0.2) is 6.61 Å². The number of rotatable bonds is 5. The smallest absolute Gasteiger partial charge is 0.344 e. The summed E-state index contributed by atoms with van der Waals surface area (Å²) in [5, 5.41) is 32.5. The topological polar surface area (TPSA) is 113 Å². The third kappa shape index (κ3) is 3.04. The zero-order valence-corrected chi connectivity index (χ0v) is 16.0. The van der Waals surface area contributed by atoms with E-state index in [2.05, 4.69) is 0 Å². The largest absolute Gasteiger partial charge is 0.456 e. The van der Waals surface area contributed by atoms with Crippen molar-refractivity contribution in [3.8, 4) is 0 Å². The first-order valence-corrected chi connectivity index (χ1v) is 9.33. The Bertz CT molecular complexity index is 607. The van der Waals surface area contributed by atoms with Crippen molar-refractivity contribution in [1.29, 1.82) is 0 Å². The molecular formula is C19H30O7. The van der Waals surface area contributed by atoms with E-state index >= 15 is 0 Å². The van der Waals surface area contributed by atoms with Gasteiger partial charge in [-0.25, -0.2) is 4.79 Å². The molecule has 7 nitrogen and oxygen atoms in total. The quantitative estimate of drug-likeness (QED) is 0.620. The van der Waals surface area contributed by atoms with Crippen LogP contribution in [0.2, 0.25) is 0 Å². The summed E-state index contributed by atoms with van der Waals surface area (Å²) in [7, 11) is 0. The molecule has 0 aromatic heterocycles. The summed E-state index contributed by atoms with van der Waals surface area (Å²) in [6.45, 7) is 6.60. The van der Waals surface area contributed by atoms with E-state index < -0.39 is 52.3 Å². The second-order valence-electron chi connectivity index (χ2n) is 9.51. The minimum Gasteiger partial charge on any atom is -0.456 e. The molecule has 26 heavy (non-hydrogen) atoms. The number of carbonyl (C=O) groups excluding carboxylic acids is 2. The van der Waals surface area contributed by atoms with Gasteiger partial charge in [-0.2, -0.15) is 0 Å². The molecule has 4 aliphatic carbocycles. The first kappa shape index (κ1) is 19.6. The lowest BCUT2D eigenvalue weighted by Crippen LogP contribution is -2.76. The van der Waals surface area contributed by atoms with Gasteiger partial charge in [0.05, 0.1) is 22.2 Å². The monoisotopic (exact) mass is 370 g/mol. The van der Waals surface area contributed by atoms with Crippen molar-refractivity contribution in [2.45, 2.75) is 88.6 Å². The second kappa shape index (κ2) is 5.66. The molecule has 0 spiro atoms. The highest BCUT2D eigenvalue weighted by molar-refractivity contribution is 5.80. The summed E-state index contributed by atoms with van der Waals surface area (Å²) in [6.07, 6.45) is 1.44. The van der Waals surface area contributed by atoms with E-state index in [9.17, 15) is 24.9 Å². The lowest BCUT2D eigenvalue weighted by Gasteiger charge is -2.67. The van der Waals surface area contributed by atoms with Gasteiger partial charge in [0.25, 0.3) is 0 Å². The predicted molar refractivity (Wildman–Crippen MR) is 91.0 cm³/mol. The summed E-state index contributed by atoms with van der Waals surface area (Å²) in [6, 6.07) is 0. The number of esters is 2. The Hall–Kier alpha value is -1.18. The number of carbonyl (C=O) groups is 2. The molecule has 7 heteroatoms. The zero-order valence-electron chi connectivity index (χ0n) is 16.0. The van der Waals surface area contributed by atoms with Crippen LogP contribution >= 0.6 is 0 Å². The minimum atomic E-state index is -1.28. The van der Waals surface area contributed by atoms with E-state index in [4.69, 9.17) is 9.47 Å². The van der Waals surface area contributed by atoms with Crippen molar-refractivity contribution in [2.24, 2.45) is 11.3 Å². The SMILES string of the molecule is CCC(C)(C)C(=O)OCC(=O)OC12CC3(O)CC(O)(CC(O)(C3)C1C)C2. The molecule has 0 heterocycles. The molecule has 3 N–H and O–H groups in total. The molecule has 0 aliphatic heterocycles. The van der Waals surface area contributed by atoms with Crippen molar-refractivity contribution in [1.82, 2.24) is 0 Å². The fourth-order valence-electron chi connectivity index (χ4n) is 5.35. The maximum Gasteiger partial charge on any atom is 0.344 e. The summed E-state index contributed by atoms with van der Waals surface area (Å²) < 4.78 is 10.7. The van der Waals surface area contributed by atoms with Crippen molar-refractivity contribution < 1.29 is 34.4 Å². The van der Waals surface area contributed by atoms with Gasteiger partial charge in [-0.05, 0) is 20.3 Å². The van der Waals surface area contributed by atoms with Gasteiger partial charge in [0, 0.05) is 38.0 Å². The molecule has 0 radical (unpaired) electrons. The van der Waals surface area contributed by atoms with Gasteiger partial charge in [-0.3, -0.25) is 4.79 Å². The van der Waals surface area contributed by atoms with Gasteiger partial charge in [0.1, 0.15) is 5.60 Å². The van der Waals surface area contributed by atoms with Crippen molar-refractivity contribution in [3.05, 3.63) is 0 Å². The highest BCUT2D eigenvalue weighted by Gasteiger charge is 2.72. The van der Waals surface area contributed by atoms with Crippen LogP contribution in [-0.4, -0.2) is 56.3 Å². The molecule has 4 saturated carbocycles. The van der Waals surface area contributed by atoms with Crippen molar-refractivity contribution in [2.75, 3.05) is 6.61 Å². The summed E-state index contributed by atoms with van der Waals surface area (Å²) in [4.78, 5) is 24.4. The van der Waals surface area contributed by atoms with Crippen LogP contribution in [0.3, 0.4) is 0 Å². The Balaban J connectivity index is 1.73.